The lowest BCUT2D eigenvalue weighted by atomic mass is 9.80. The maximum Gasteiger partial charge on any atom is 0.179 e. The van der Waals surface area contributed by atoms with Gasteiger partial charge in [-0.25, -0.2) is 0 Å². The average Bonchev–Trinajstić information content (AvgIpc) is 2.39. The van der Waals surface area contributed by atoms with Crippen molar-refractivity contribution in [1.82, 2.24) is 0 Å². The summed E-state index contributed by atoms with van der Waals surface area (Å²) in [7, 11) is 0. The summed E-state index contributed by atoms with van der Waals surface area (Å²) in [6.45, 7) is 0.626. The first-order valence-electron chi connectivity index (χ1n) is 6.05. The predicted octanol–water partition coefficient (Wildman–Crippen LogP) is 3.88. The van der Waals surface area contributed by atoms with Crippen LogP contribution in [0.4, 0.5) is 0 Å². The zero-order valence-electron chi connectivity index (χ0n) is 10.4. The Hall–Kier alpha value is -0.500. The number of rotatable bonds is 4. The molecule has 1 aromatic carbocycles. The van der Waals surface area contributed by atoms with Gasteiger partial charge in [-0.2, -0.15) is 17.0 Å². The number of nitriles is 1. The molecular weight excluding hydrogens is 310 g/mol. The monoisotopic (exact) mass is 325 g/mol. The fourth-order valence-electron chi connectivity index (χ4n) is 2.40. The van der Waals surface area contributed by atoms with Crippen LogP contribution in [0.2, 0.25) is 0 Å². The molecule has 1 atom stereocenters. The molecule has 4 heteroatoms. The van der Waals surface area contributed by atoms with E-state index >= 15 is 0 Å². The Kier molecular flexibility index (Phi) is 4.71. The highest BCUT2D eigenvalue weighted by molar-refractivity contribution is 9.10. The quantitative estimate of drug-likeness (QED) is 0.787. The smallest absolute Gasteiger partial charge is 0.179 e. The van der Waals surface area contributed by atoms with Crippen molar-refractivity contribution in [3.8, 4) is 6.07 Å². The third-order valence-corrected chi connectivity index (χ3v) is 4.37. The van der Waals surface area contributed by atoms with Gasteiger partial charge in [-0.1, -0.05) is 22.0 Å². The molecule has 1 aromatic rings. The van der Waals surface area contributed by atoms with Crippen LogP contribution in [0.1, 0.15) is 24.0 Å². The predicted molar refractivity (Wildman–Crippen MR) is 78.7 cm³/mol. The number of hydrogen-bond donors (Lipinski definition) is 0. The zero-order valence-corrected chi connectivity index (χ0v) is 12.8. The van der Waals surface area contributed by atoms with Crippen LogP contribution >= 0.6 is 27.7 Å². The number of halogens is 1. The van der Waals surface area contributed by atoms with Gasteiger partial charge in [0, 0.05) is 15.8 Å². The van der Waals surface area contributed by atoms with Crippen LogP contribution in [0.3, 0.4) is 0 Å². The first-order chi connectivity index (χ1) is 8.72. The van der Waals surface area contributed by atoms with Crippen molar-refractivity contribution >= 4 is 27.7 Å². The molecule has 18 heavy (non-hydrogen) atoms. The molecule has 1 aliphatic carbocycles. The highest BCUT2D eigenvalue weighted by atomic mass is 79.9. The number of fused-ring (bicyclic) bond motifs is 1. The van der Waals surface area contributed by atoms with Gasteiger partial charge in [0.05, 0.1) is 6.61 Å². The molecule has 0 radical (unpaired) electrons. The van der Waals surface area contributed by atoms with Crippen LogP contribution in [0, 0.1) is 11.3 Å². The fraction of sp³-hybridized carbons (Fsp3) is 0.500. The summed E-state index contributed by atoms with van der Waals surface area (Å²) in [6.07, 6.45) is 4.90. The van der Waals surface area contributed by atoms with Crippen LogP contribution in [-0.4, -0.2) is 18.6 Å². The minimum atomic E-state index is -0.743. The molecule has 96 valence electrons. The topological polar surface area (TPSA) is 33.0 Å². The van der Waals surface area contributed by atoms with Gasteiger partial charge in [0.15, 0.2) is 5.60 Å². The van der Waals surface area contributed by atoms with E-state index in [9.17, 15) is 5.26 Å². The van der Waals surface area contributed by atoms with Gasteiger partial charge in [0.1, 0.15) is 6.07 Å². The molecular formula is C14H16BrNOS. The fourth-order valence-corrected chi connectivity index (χ4v) is 3.01. The van der Waals surface area contributed by atoms with Gasteiger partial charge in [0.2, 0.25) is 0 Å². The average molecular weight is 326 g/mol. The van der Waals surface area contributed by atoms with E-state index in [-0.39, 0.29) is 0 Å². The first kappa shape index (κ1) is 13.9. The summed E-state index contributed by atoms with van der Waals surface area (Å²) in [5.41, 5.74) is 1.55. The van der Waals surface area contributed by atoms with E-state index in [1.807, 2.05) is 18.4 Å². The molecule has 0 spiro atoms. The molecule has 0 N–H and O–H groups in total. The normalized spacial score (nSPS) is 22.3. The minimum absolute atomic E-state index is 0.626. The van der Waals surface area contributed by atoms with E-state index in [0.717, 1.165) is 35.1 Å². The Balaban J connectivity index is 2.33. The van der Waals surface area contributed by atoms with Crippen LogP contribution in [0.5, 0.6) is 0 Å². The van der Waals surface area contributed by atoms with Crippen molar-refractivity contribution < 1.29 is 4.74 Å². The largest absolute Gasteiger partial charge is 0.355 e. The van der Waals surface area contributed by atoms with E-state index in [4.69, 9.17) is 4.74 Å². The Morgan fingerprint density at radius 3 is 3.11 bits per heavy atom. The van der Waals surface area contributed by atoms with E-state index in [0.29, 0.717) is 6.61 Å². The van der Waals surface area contributed by atoms with Gasteiger partial charge in [0.25, 0.3) is 0 Å². The lowest BCUT2D eigenvalue weighted by molar-refractivity contribution is -0.00949. The van der Waals surface area contributed by atoms with E-state index in [2.05, 4.69) is 28.1 Å². The molecule has 0 fully saturated rings. The molecule has 0 bridgehead atoms. The van der Waals surface area contributed by atoms with Crippen molar-refractivity contribution in [1.29, 1.82) is 5.26 Å². The summed E-state index contributed by atoms with van der Waals surface area (Å²) in [4.78, 5) is 0. The SMILES string of the molecule is CSCCOC1(C#N)CCCc2ccc(Br)cc21. The lowest BCUT2D eigenvalue weighted by Gasteiger charge is -2.33. The first-order valence-corrected chi connectivity index (χ1v) is 8.23. The standard InChI is InChI=1S/C14H16BrNOS/c1-18-8-7-17-14(10-16)6-2-3-11-4-5-12(15)9-13(11)14/h4-5,9H,2-3,6-8H2,1H3. The van der Waals surface area contributed by atoms with Crippen molar-refractivity contribution in [3.05, 3.63) is 33.8 Å². The number of benzene rings is 1. The van der Waals surface area contributed by atoms with Crippen LogP contribution < -0.4 is 0 Å². The highest BCUT2D eigenvalue weighted by Gasteiger charge is 2.37. The number of thioether (sulfide) groups is 1. The second kappa shape index (κ2) is 6.10. The van der Waals surface area contributed by atoms with Crippen molar-refractivity contribution in [3.63, 3.8) is 0 Å². The Labute approximate surface area is 121 Å². The second-order valence-corrected chi connectivity index (χ2v) is 6.34. The Bertz CT molecular complexity index is 471. The Morgan fingerprint density at radius 1 is 1.56 bits per heavy atom. The maximum atomic E-state index is 9.58. The number of ether oxygens (including phenoxy) is 1. The van der Waals surface area contributed by atoms with E-state index in [1.54, 1.807) is 11.8 Å². The molecule has 0 saturated carbocycles. The van der Waals surface area contributed by atoms with E-state index in [1.165, 1.54) is 5.56 Å². The summed E-state index contributed by atoms with van der Waals surface area (Å²) in [5.74, 6) is 0.923. The number of nitrogens with zero attached hydrogens (tertiary/aromatic N) is 1. The molecule has 0 heterocycles. The molecule has 2 rings (SSSR count). The third kappa shape index (κ3) is 2.74. The van der Waals surface area contributed by atoms with Crippen molar-refractivity contribution in [2.75, 3.05) is 18.6 Å². The van der Waals surface area contributed by atoms with Crippen LogP contribution in [0.25, 0.3) is 0 Å². The second-order valence-electron chi connectivity index (χ2n) is 4.44. The van der Waals surface area contributed by atoms with Gasteiger partial charge in [-0.05, 0) is 43.2 Å². The van der Waals surface area contributed by atoms with Gasteiger partial charge >= 0.3 is 0 Å². The molecule has 1 aliphatic rings. The van der Waals surface area contributed by atoms with Gasteiger partial charge in [-0.3, -0.25) is 0 Å². The molecule has 0 aliphatic heterocycles. The molecule has 0 amide bonds. The number of hydrogen-bond acceptors (Lipinski definition) is 3. The van der Waals surface area contributed by atoms with Gasteiger partial charge in [-0.15, -0.1) is 0 Å². The molecule has 0 aromatic heterocycles. The third-order valence-electron chi connectivity index (χ3n) is 3.30. The highest BCUT2D eigenvalue weighted by Crippen LogP contribution is 2.39. The lowest BCUT2D eigenvalue weighted by Crippen LogP contribution is -2.33. The molecule has 1 unspecified atom stereocenters. The van der Waals surface area contributed by atoms with E-state index < -0.39 is 5.60 Å². The molecule has 0 saturated heterocycles. The number of aryl methyl sites for hydroxylation is 1. The molecule has 2 nitrogen and oxygen atoms in total. The Morgan fingerprint density at radius 2 is 2.39 bits per heavy atom. The van der Waals surface area contributed by atoms with Crippen LogP contribution in [0.15, 0.2) is 22.7 Å². The zero-order chi connectivity index (χ0) is 13.0. The summed E-state index contributed by atoms with van der Waals surface area (Å²) < 4.78 is 6.95. The van der Waals surface area contributed by atoms with Crippen LogP contribution in [-0.2, 0) is 16.8 Å². The summed E-state index contributed by atoms with van der Waals surface area (Å²) in [5, 5.41) is 9.58. The van der Waals surface area contributed by atoms with Crippen molar-refractivity contribution in [2.45, 2.75) is 24.9 Å². The summed E-state index contributed by atoms with van der Waals surface area (Å²) >= 11 is 5.22. The maximum absolute atomic E-state index is 9.58. The van der Waals surface area contributed by atoms with Gasteiger partial charge < -0.3 is 4.74 Å². The van der Waals surface area contributed by atoms with Crippen molar-refractivity contribution in [2.24, 2.45) is 0 Å². The summed E-state index contributed by atoms with van der Waals surface area (Å²) in [6, 6.07) is 8.58. The minimum Gasteiger partial charge on any atom is -0.355 e.